The normalized spacial score (nSPS) is 10.6. The highest BCUT2D eigenvalue weighted by Crippen LogP contribution is 2.24. The lowest BCUT2D eigenvalue weighted by molar-refractivity contribution is -0.117. The smallest absolute Gasteiger partial charge is 0.267 e. The van der Waals surface area contributed by atoms with Gasteiger partial charge in [-0.3, -0.25) is 14.6 Å². The molecule has 4 aromatic rings. The van der Waals surface area contributed by atoms with Crippen LogP contribution >= 0.6 is 11.3 Å². The molecule has 0 fully saturated rings. The van der Waals surface area contributed by atoms with Gasteiger partial charge in [0.05, 0.1) is 11.4 Å². The minimum Gasteiger partial charge on any atom is -0.300 e. The van der Waals surface area contributed by atoms with Crippen LogP contribution in [0, 0.1) is 0 Å². The largest absolute Gasteiger partial charge is 0.300 e. The van der Waals surface area contributed by atoms with Crippen LogP contribution in [0.25, 0.3) is 22.5 Å². The second-order valence-electron chi connectivity index (χ2n) is 5.90. The van der Waals surface area contributed by atoms with Gasteiger partial charge in [0.25, 0.3) is 5.56 Å². The molecule has 1 amide bonds. The van der Waals surface area contributed by atoms with Crippen molar-refractivity contribution in [1.82, 2.24) is 19.7 Å². The van der Waals surface area contributed by atoms with Crippen LogP contribution in [0.1, 0.15) is 0 Å². The van der Waals surface area contributed by atoms with Gasteiger partial charge in [0.1, 0.15) is 6.54 Å². The lowest BCUT2D eigenvalue weighted by Gasteiger charge is -2.07. The van der Waals surface area contributed by atoms with Crippen molar-refractivity contribution in [2.45, 2.75) is 6.54 Å². The van der Waals surface area contributed by atoms with Gasteiger partial charge in [-0.2, -0.15) is 5.10 Å². The fourth-order valence-corrected chi connectivity index (χ4v) is 3.34. The molecule has 3 aromatic heterocycles. The van der Waals surface area contributed by atoms with Gasteiger partial charge >= 0.3 is 0 Å². The molecule has 0 radical (unpaired) electrons. The number of nitrogens with one attached hydrogen (secondary N) is 1. The summed E-state index contributed by atoms with van der Waals surface area (Å²) in [6, 6.07) is 16.2. The molecular weight excluding hydrogens is 374 g/mol. The maximum Gasteiger partial charge on any atom is 0.267 e. The Balaban J connectivity index is 1.49. The fraction of sp³-hybridized carbons (Fsp3) is 0.0500. The third kappa shape index (κ3) is 4.02. The average molecular weight is 389 g/mol. The lowest BCUT2D eigenvalue weighted by Crippen LogP contribution is -2.29. The van der Waals surface area contributed by atoms with E-state index in [-0.39, 0.29) is 18.0 Å². The van der Waals surface area contributed by atoms with Gasteiger partial charge in [0.2, 0.25) is 5.91 Å². The predicted octanol–water partition coefficient (Wildman–Crippen LogP) is 3.07. The fourth-order valence-electron chi connectivity index (χ4n) is 2.61. The first-order valence-corrected chi connectivity index (χ1v) is 9.36. The number of hydrogen-bond acceptors (Lipinski definition) is 6. The number of rotatable bonds is 5. The molecule has 0 saturated carbocycles. The highest BCUT2D eigenvalue weighted by molar-refractivity contribution is 7.14. The number of hydrogen-bond donors (Lipinski definition) is 1. The number of anilines is 1. The van der Waals surface area contributed by atoms with Crippen LogP contribution in [-0.2, 0) is 11.3 Å². The molecule has 28 heavy (non-hydrogen) atoms. The third-order valence-corrected chi connectivity index (χ3v) is 4.71. The van der Waals surface area contributed by atoms with Crippen molar-refractivity contribution in [3.05, 3.63) is 82.7 Å². The summed E-state index contributed by atoms with van der Waals surface area (Å²) < 4.78 is 1.15. The molecule has 0 aliphatic carbocycles. The summed E-state index contributed by atoms with van der Waals surface area (Å²) in [6.45, 7) is -0.191. The Bertz CT molecular complexity index is 1160. The minimum absolute atomic E-state index is 0.191. The summed E-state index contributed by atoms with van der Waals surface area (Å²) in [5.74, 6) is -0.365. The van der Waals surface area contributed by atoms with E-state index in [1.165, 1.54) is 17.4 Å². The molecule has 1 aromatic carbocycles. The van der Waals surface area contributed by atoms with Gasteiger partial charge in [-0.25, -0.2) is 9.67 Å². The Morgan fingerprint density at radius 1 is 0.964 bits per heavy atom. The molecule has 1 N–H and O–H groups in total. The second-order valence-corrected chi connectivity index (χ2v) is 6.76. The Kier molecular flexibility index (Phi) is 5.03. The number of carbonyl (C=O) groups excluding carboxylic acids is 1. The van der Waals surface area contributed by atoms with Gasteiger partial charge < -0.3 is 5.32 Å². The number of thiazole rings is 1. The molecule has 8 heteroatoms. The first-order valence-electron chi connectivity index (χ1n) is 8.48. The quantitative estimate of drug-likeness (QED) is 0.567. The number of amides is 1. The molecule has 0 unspecified atom stereocenters. The van der Waals surface area contributed by atoms with E-state index in [0.29, 0.717) is 10.8 Å². The Hall–Kier alpha value is -3.65. The third-order valence-electron chi connectivity index (χ3n) is 3.96. The van der Waals surface area contributed by atoms with E-state index in [0.717, 1.165) is 21.5 Å². The van der Waals surface area contributed by atoms with Crippen molar-refractivity contribution in [3.8, 4) is 22.5 Å². The van der Waals surface area contributed by atoms with E-state index in [1.54, 1.807) is 18.5 Å². The molecule has 0 aliphatic rings. The van der Waals surface area contributed by atoms with Crippen LogP contribution in [0.3, 0.4) is 0 Å². The maximum atomic E-state index is 12.4. The molecule has 0 saturated heterocycles. The zero-order chi connectivity index (χ0) is 19.3. The highest BCUT2D eigenvalue weighted by Gasteiger charge is 2.11. The molecular formula is C20H15N5O2S. The van der Waals surface area contributed by atoms with Crippen LogP contribution in [0.2, 0.25) is 0 Å². The molecule has 138 valence electrons. The average Bonchev–Trinajstić information content (AvgIpc) is 3.19. The van der Waals surface area contributed by atoms with Crippen LogP contribution in [0.4, 0.5) is 5.13 Å². The highest BCUT2D eigenvalue weighted by atomic mass is 32.1. The summed E-state index contributed by atoms with van der Waals surface area (Å²) in [7, 11) is 0. The minimum atomic E-state index is -0.365. The van der Waals surface area contributed by atoms with Crippen LogP contribution in [-0.4, -0.2) is 25.7 Å². The van der Waals surface area contributed by atoms with Crippen molar-refractivity contribution in [2.75, 3.05) is 5.32 Å². The van der Waals surface area contributed by atoms with E-state index in [2.05, 4.69) is 20.4 Å². The number of pyridine rings is 1. The summed E-state index contributed by atoms with van der Waals surface area (Å²) in [6.07, 6.45) is 3.37. The molecule has 4 rings (SSSR count). The predicted molar refractivity (Wildman–Crippen MR) is 108 cm³/mol. The Labute approximate surface area is 164 Å². The maximum absolute atomic E-state index is 12.4. The lowest BCUT2D eigenvalue weighted by atomic mass is 10.1. The number of aromatic nitrogens is 4. The van der Waals surface area contributed by atoms with E-state index in [4.69, 9.17) is 0 Å². The van der Waals surface area contributed by atoms with E-state index in [9.17, 15) is 9.59 Å². The monoisotopic (exact) mass is 389 g/mol. The summed E-state index contributed by atoms with van der Waals surface area (Å²) in [5, 5.41) is 9.33. The van der Waals surface area contributed by atoms with Crippen LogP contribution in [0.15, 0.2) is 77.2 Å². The second kappa shape index (κ2) is 7.93. The summed E-state index contributed by atoms with van der Waals surface area (Å²) >= 11 is 1.32. The first kappa shape index (κ1) is 17.7. The number of nitrogens with zero attached hydrogens (tertiary/aromatic N) is 4. The van der Waals surface area contributed by atoms with Crippen molar-refractivity contribution < 1.29 is 4.79 Å². The molecule has 0 atom stereocenters. The molecule has 0 bridgehead atoms. The van der Waals surface area contributed by atoms with Crippen molar-refractivity contribution in [1.29, 1.82) is 0 Å². The first-order chi connectivity index (χ1) is 13.7. The molecule has 0 spiro atoms. The van der Waals surface area contributed by atoms with Crippen LogP contribution < -0.4 is 10.9 Å². The number of benzene rings is 1. The summed E-state index contributed by atoms with van der Waals surface area (Å²) in [5.41, 5.74) is 2.83. The van der Waals surface area contributed by atoms with E-state index < -0.39 is 0 Å². The summed E-state index contributed by atoms with van der Waals surface area (Å²) in [4.78, 5) is 32.8. The standard InChI is InChI=1S/C20H15N5O2S/c26-18(23-20-22-17(13-28-20)15-8-10-21-11-9-15)12-25-19(27)7-6-16(24-25)14-4-2-1-3-5-14/h1-11,13H,12H2,(H,22,23,26). The van der Waals surface area contributed by atoms with Gasteiger partial charge in [-0.1, -0.05) is 30.3 Å². The van der Waals surface area contributed by atoms with Gasteiger partial charge in [-0.05, 0) is 18.2 Å². The molecule has 7 nitrogen and oxygen atoms in total. The molecule has 0 aliphatic heterocycles. The Morgan fingerprint density at radius 2 is 1.71 bits per heavy atom. The number of carbonyl (C=O) groups is 1. The van der Waals surface area contributed by atoms with Gasteiger partial charge in [-0.15, -0.1) is 11.3 Å². The Morgan fingerprint density at radius 3 is 2.50 bits per heavy atom. The van der Waals surface area contributed by atoms with Gasteiger partial charge in [0.15, 0.2) is 5.13 Å². The van der Waals surface area contributed by atoms with Crippen LogP contribution in [0.5, 0.6) is 0 Å². The SMILES string of the molecule is O=C(Cn1nc(-c2ccccc2)ccc1=O)Nc1nc(-c2ccncc2)cs1. The van der Waals surface area contributed by atoms with Crippen molar-refractivity contribution in [2.24, 2.45) is 0 Å². The van der Waals surface area contributed by atoms with E-state index >= 15 is 0 Å². The molecule has 3 heterocycles. The zero-order valence-corrected chi connectivity index (χ0v) is 15.5. The zero-order valence-electron chi connectivity index (χ0n) is 14.6. The van der Waals surface area contributed by atoms with Crippen molar-refractivity contribution in [3.63, 3.8) is 0 Å². The van der Waals surface area contributed by atoms with Gasteiger partial charge in [0, 0.05) is 35.0 Å². The van der Waals surface area contributed by atoms with Crippen molar-refractivity contribution >= 4 is 22.4 Å². The topological polar surface area (TPSA) is 89.8 Å². The van der Waals surface area contributed by atoms with E-state index in [1.807, 2.05) is 47.8 Å².